The molecule has 3 unspecified atom stereocenters. The zero-order chi connectivity index (χ0) is 26.5. The molecule has 0 aliphatic carbocycles. The van der Waals surface area contributed by atoms with E-state index in [1.54, 1.807) is 0 Å². The monoisotopic (exact) mass is 516 g/mol. The summed E-state index contributed by atoms with van der Waals surface area (Å²) in [7, 11) is 0. The molecule has 0 bridgehead atoms. The molecule has 2 aromatic rings. The van der Waals surface area contributed by atoms with Gasteiger partial charge in [0.2, 0.25) is 5.91 Å². The van der Waals surface area contributed by atoms with Crippen LogP contribution in [0.5, 0.6) is 0 Å². The third-order valence-electron chi connectivity index (χ3n) is 6.49. The van der Waals surface area contributed by atoms with E-state index in [-0.39, 0.29) is 47.7 Å². The van der Waals surface area contributed by atoms with Gasteiger partial charge in [0.1, 0.15) is 5.82 Å². The highest BCUT2D eigenvalue weighted by molar-refractivity contribution is 6.30. The molecule has 0 spiro atoms. The Balaban J connectivity index is 1.65. The first-order chi connectivity index (χ1) is 16.9. The van der Waals surface area contributed by atoms with Crippen LogP contribution in [0.15, 0.2) is 48.5 Å². The molecule has 6 nitrogen and oxygen atoms in total. The summed E-state index contributed by atoms with van der Waals surface area (Å²) < 4.78 is 13.3. The maximum atomic E-state index is 13.5. The van der Waals surface area contributed by atoms with Crippen LogP contribution < -0.4 is 10.6 Å². The van der Waals surface area contributed by atoms with Crippen LogP contribution in [0.2, 0.25) is 5.02 Å². The molecule has 196 valence electrons. The fourth-order valence-corrected chi connectivity index (χ4v) is 4.69. The molecule has 2 N–H and O–H groups in total. The van der Waals surface area contributed by atoms with Gasteiger partial charge in [-0.25, -0.2) is 9.18 Å². The molecule has 1 aliphatic rings. The van der Waals surface area contributed by atoms with Gasteiger partial charge in [-0.1, -0.05) is 35.9 Å². The van der Waals surface area contributed by atoms with Gasteiger partial charge in [0.15, 0.2) is 0 Å². The third-order valence-corrected chi connectivity index (χ3v) is 6.75. The smallest absolute Gasteiger partial charge is 0.315 e. The molecule has 2 aromatic carbocycles. The van der Waals surface area contributed by atoms with E-state index in [1.165, 1.54) is 12.1 Å². The minimum Gasteiger partial charge on any atom is -0.338 e. The number of halogens is 2. The first-order valence-electron chi connectivity index (χ1n) is 12.5. The molecule has 3 amide bonds. The van der Waals surface area contributed by atoms with Crippen LogP contribution in [0.3, 0.4) is 0 Å². The van der Waals surface area contributed by atoms with Gasteiger partial charge in [0, 0.05) is 61.2 Å². The van der Waals surface area contributed by atoms with E-state index >= 15 is 0 Å². The van der Waals surface area contributed by atoms with E-state index in [9.17, 15) is 14.0 Å². The highest BCUT2D eigenvalue weighted by Gasteiger charge is 2.33. The number of hydrogen-bond acceptors (Lipinski definition) is 3. The number of rotatable bonds is 7. The second-order valence-corrected chi connectivity index (χ2v) is 11.3. The predicted octanol–water partition coefficient (Wildman–Crippen LogP) is 5.17. The van der Waals surface area contributed by atoms with Crippen LogP contribution in [0.1, 0.15) is 58.1 Å². The van der Waals surface area contributed by atoms with E-state index in [4.69, 9.17) is 11.6 Å². The second-order valence-electron chi connectivity index (χ2n) is 10.8. The number of carbonyl (C=O) groups is 2. The molecule has 3 atom stereocenters. The Morgan fingerprint density at radius 1 is 1.03 bits per heavy atom. The lowest BCUT2D eigenvalue weighted by molar-refractivity contribution is -0.137. The van der Waals surface area contributed by atoms with Crippen molar-refractivity contribution in [3.05, 3.63) is 70.5 Å². The molecule has 0 aromatic heterocycles. The maximum Gasteiger partial charge on any atom is 0.315 e. The molecule has 0 saturated carbocycles. The summed E-state index contributed by atoms with van der Waals surface area (Å²) in [4.78, 5) is 30.1. The summed E-state index contributed by atoms with van der Waals surface area (Å²) in [5.74, 6) is -0.356. The maximum absolute atomic E-state index is 13.5. The summed E-state index contributed by atoms with van der Waals surface area (Å²) in [5.41, 5.74) is 1.66. The zero-order valence-corrected chi connectivity index (χ0v) is 22.6. The quantitative estimate of drug-likeness (QED) is 0.533. The Morgan fingerprint density at radius 3 is 2.28 bits per heavy atom. The van der Waals surface area contributed by atoms with Crippen molar-refractivity contribution in [1.82, 2.24) is 20.4 Å². The number of benzene rings is 2. The average molecular weight is 517 g/mol. The molecule has 1 saturated heterocycles. The van der Waals surface area contributed by atoms with Crippen LogP contribution in [0, 0.1) is 5.82 Å². The zero-order valence-electron chi connectivity index (χ0n) is 21.9. The Morgan fingerprint density at radius 2 is 1.67 bits per heavy atom. The first kappa shape index (κ1) is 27.9. The summed E-state index contributed by atoms with van der Waals surface area (Å²) in [5, 5.41) is 6.46. The third kappa shape index (κ3) is 8.20. The molecule has 36 heavy (non-hydrogen) atoms. The van der Waals surface area contributed by atoms with E-state index in [0.29, 0.717) is 24.7 Å². The van der Waals surface area contributed by atoms with Crippen LogP contribution in [0.4, 0.5) is 9.18 Å². The summed E-state index contributed by atoms with van der Waals surface area (Å²) >= 11 is 6.08. The van der Waals surface area contributed by atoms with Gasteiger partial charge in [-0.2, -0.15) is 0 Å². The van der Waals surface area contributed by atoms with Crippen molar-refractivity contribution in [1.29, 1.82) is 0 Å². The number of nitrogens with zero attached hydrogens (tertiary/aromatic N) is 2. The van der Waals surface area contributed by atoms with Gasteiger partial charge in [-0.05, 0) is 70.0 Å². The number of carbonyl (C=O) groups excluding carboxylic acids is 2. The van der Waals surface area contributed by atoms with E-state index in [0.717, 1.165) is 17.7 Å². The van der Waals surface area contributed by atoms with Gasteiger partial charge < -0.3 is 15.5 Å². The SMILES string of the molecule is CC1CN(C(=O)CC(CNC(=O)NC(C)(C)C)c2ccc(Cl)cc2)C(C)CN1Cc1ccc(F)cc1. The fourth-order valence-electron chi connectivity index (χ4n) is 4.56. The lowest BCUT2D eigenvalue weighted by atomic mass is 9.94. The molecule has 1 fully saturated rings. The molecule has 1 aliphatic heterocycles. The van der Waals surface area contributed by atoms with E-state index in [1.807, 2.05) is 62.1 Å². The first-order valence-corrected chi connectivity index (χ1v) is 12.9. The van der Waals surface area contributed by atoms with Crippen LogP contribution in [-0.2, 0) is 11.3 Å². The fraction of sp³-hybridized carbons (Fsp3) is 0.500. The Hall–Kier alpha value is -2.64. The normalized spacial score (nSPS) is 19.6. The molecule has 3 rings (SSSR count). The van der Waals surface area contributed by atoms with Gasteiger partial charge in [-0.15, -0.1) is 0 Å². The number of nitrogens with one attached hydrogen (secondary N) is 2. The Kier molecular flexibility index (Phi) is 9.36. The van der Waals surface area contributed by atoms with Crippen LogP contribution >= 0.6 is 11.6 Å². The van der Waals surface area contributed by atoms with Crippen molar-refractivity contribution in [2.24, 2.45) is 0 Å². The van der Waals surface area contributed by atoms with Crippen molar-refractivity contribution >= 4 is 23.5 Å². The summed E-state index contributed by atoms with van der Waals surface area (Å²) in [6.45, 7) is 12.4. The summed E-state index contributed by atoms with van der Waals surface area (Å²) in [6, 6.07) is 14.0. The second kappa shape index (κ2) is 12.1. The van der Waals surface area contributed by atoms with Crippen molar-refractivity contribution in [3.63, 3.8) is 0 Å². The van der Waals surface area contributed by atoms with Crippen molar-refractivity contribution in [2.75, 3.05) is 19.6 Å². The largest absolute Gasteiger partial charge is 0.338 e. The minimum absolute atomic E-state index is 0.0390. The van der Waals surface area contributed by atoms with Crippen LogP contribution in [-0.4, -0.2) is 59.0 Å². The van der Waals surface area contributed by atoms with Gasteiger partial charge in [0.05, 0.1) is 0 Å². The summed E-state index contributed by atoms with van der Waals surface area (Å²) in [6.07, 6.45) is 0.284. The topological polar surface area (TPSA) is 64.7 Å². The molecule has 1 heterocycles. The van der Waals surface area contributed by atoms with Crippen LogP contribution in [0.25, 0.3) is 0 Å². The number of hydrogen-bond donors (Lipinski definition) is 2. The predicted molar refractivity (Wildman–Crippen MR) is 143 cm³/mol. The van der Waals surface area contributed by atoms with Gasteiger partial charge in [-0.3, -0.25) is 9.69 Å². The van der Waals surface area contributed by atoms with Gasteiger partial charge in [0.25, 0.3) is 0 Å². The van der Waals surface area contributed by atoms with Crippen molar-refractivity contribution in [3.8, 4) is 0 Å². The van der Waals surface area contributed by atoms with Crippen molar-refractivity contribution in [2.45, 2.75) is 71.1 Å². The standard InChI is InChI=1S/C28H38ClFN4O2/c1-19-17-34(20(2)16-33(19)18-21-6-12-25(30)13-7-21)26(35)14-23(22-8-10-24(29)11-9-22)15-31-27(36)32-28(3,4)5/h6-13,19-20,23H,14-18H2,1-5H3,(H2,31,32,36). The Labute approximate surface area is 219 Å². The lowest BCUT2D eigenvalue weighted by Gasteiger charge is -2.44. The van der Waals surface area contributed by atoms with Gasteiger partial charge >= 0.3 is 6.03 Å². The molecular weight excluding hydrogens is 479 g/mol. The lowest BCUT2D eigenvalue weighted by Crippen LogP contribution is -2.57. The average Bonchev–Trinajstić information content (AvgIpc) is 2.79. The Bertz CT molecular complexity index is 1020. The van der Waals surface area contributed by atoms with E-state index in [2.05, 4.69) is 29.4 Å². The number of urea groups is 1. The van der Waals surface area contributed by atoms with Crippen molar-refractivity contribution < 1.29 is 14.0 Å². The number of piperazine rings is 1. The number of amides is 3. The highest BCUT2D eigenvalue weighted by Crippen LogP contribution is 2.25. The molecule has 8 heteroatoms. The molecule has 0 radical (unpaired) electrons. The molecular formula is C28H38ClFN4O2. The van der Waals surface area contributed by atoms with E-state index < -0.39 is 0 Å². The highest BCUT2D eigenvalue weighted by atomic mass is 35.5. The minimum atomic E-state index is -0.352.